The van der Waals surface area contributed by atoms with Crippen molar-refractivity contribution in [3.63, 3.8) is 0 Å². The lowest BCUT2D eigenvalue weighted by molar-refractivity contribution is -0.118. The second kappa shape index (κ2) is 9.81. The second-order valence-electron chi connectivity index (χ2n) is 7.32. The van der Waals surface area contributed by atoms with Crippen LogP contribution in [0.25, 0.3) is 0 Å². The summed E-state index contributed by atoms with van der Waals surface area (Å²) in [6.45, 7) is 5.66. The van der Waals surface area contributed by atoms with E-state index in [4.69, 9.17) is 27.9 Å². The summed E-state index contributed by atoms with van der Waals surface area (Å²) < 4.78 is 33.1. The molecule has 0 unspecified atom stereocenters. The minimum atomic E-state index is -3.83. The minimum absolute atomic E-state index is 0.0336. The molecule has 0 radical (unpaired) electrons. The molecular weight excluding hydrogens is 471 g/mol. The van der Waals surface area contributed by atoms with Gasteiger partial charge in [0.1, 0.15) is 5.75 Å². The first-order chi connectivity index (χ1) is 15.0. The summed E-state index contributed by atoms with van der Waals surface area (Å²) in [6.07, 6.45) is 0. The Morgan fingerprint density at radius 1 is 0.906 bits per heavy atom. The Morgan fingerprint density at radius 3 is 2.12 bits per heavy atom. The SMILES string of the molecule is Cc1cc(C)c(NC(=O)COc2ccc(S(=O)(=O)Nc3ccc(Cl)c(Cl)c3)cc2)c(C)c1. The van der Waals surface area contributed by atoms with Gasteiger partial charge in [0.15, 0.2) is 6.61 Å². The topological polar surface area (TPSA) is 84.5 Å². The first kappa shape index (κ1) is 23.9. The molecule has 0 aliphatic rings. The van der Waals surface area contributed by atoms with E-state index in [2.05, 4.69) is 10.0 Å². The molecule has 32 heavy (non-hydrogen) atoms. The molecular formula is C23H22Cl2N2O4S. The predicted octanol–water partition coefficient (Wildman–Crippen LogP) is 5.74. The van der Waals surface area contributed by atoms with E-state index < -0.39 is 10.0 Å². The average Bonchev–Trinajstić information content (AvgIpc) is 2.72. The Hall–Kier alpha value is -2.74. The van der Waals surface area contributed by atoms with E-state index in [-0.39, 0.29) is 28.1 Å². The van der Waals surface area contributed by atoms with Crippen LogP contribution in [0.1, 0.15) is 16.7 Å². The predicted molar refractivity (Wildman–Crippen MR) is 128 cm³/mol. The number of carbonyl (C=O) groups is 1. The van der Waals surface area contributed by atoms with Gasteiger partial charge >= 0.3 is 0 Å². The van der Waals surface area contributed by atoms with Gasteiger partial charge in [-0.2, -0.15) is 0 Å². The van der Waals surface area contributed by atoms with Gasteiger partial charge in [-0.05, 0) is 74.4 Å². The molecule has 0 fully saturated rings. The van der Waals surface area contributed by atoms with Gasteiger partial charge < -0.3 is 10.1 Å². The number of hydrogen-bond donors (Lipinski definition) is 2. The van der Waals surface area contributed by atoms with Crippen LogP contribution >= 0.6 is 23.2 Å². The van der Waals surface area contributed by atoms with Crippen LogP contribution in [0.3, 0.4) is 0 Å². The van der Waals surface area contributed by atoms with Gasteiger partial charge in [0.2, 0.25) is 0 Å². The van der Waals surface area contributed by atoms with Crippen molar-refractivity contribution >= 4 is 50.5 Å². The highest BCUT2D eigenvalue weighted by molar-refractivity contribution is 7.92. The van der Waals surface area contributed by atoms with E-state index in [1.54, 1.807) is 0 Å². The van der Waals surface area contributed by atoms with Gasteiger partial charge in [-0.25, -0.2) is 8.42 Å². The summed E-state index contributed by atoms with van der Waals surface area (Å²) in [7, 11) is -3.83. The van der Waals surface area contributed by atoms with Crippen molar-refractivity contribution in [1.29, 1.82) is 0 Å². The first-order valence-corrected chi connectivity index (χ1v) is 11.9. The van der Waals surface area contributed by atoms with Crippen molar-refractivity contribution in [2.75, 3.05) is 16.6 Å². The van der Waals surface area contributed by atoms with Crippen LogP contribution in [-0.2, 0) is 14.8 Å². The molecule has 0 saturated heterocycles. The van der Waals surface area contributed by atoms with E-state index >= 15 is 0 Å². The van der Waals surface area contributed by atoms with Crippen molar-refractivity contribution in [3.05, 3.63) is 81.3 Å². The summed E-state index contributed by atoms with van der Waals surface area (Å²) in [6, 6.07) is 14.2. The van der Waals surface area contributed by atoms with Gasteiger partial charge in [-0.1, -0.05) is 40.9 Å². The van der Waals surface area contributed by atoms with E-state index in [0.29, 0.717) is 10.8 Å². The zero-order valence-corrected chi connectivity index (χ0v) is 20.0. The van der Waals surface area contributed by atoms with E-state index in [0.717, 1.165) is 22.4 Å². The standard InChI is InChI=1S/C23H22Cl2N2O4S/c1-14-10-15(2)23(16(3)11-14)26-22(28)13-31-18-5-7-19(8-6-18)32(29,30)27-17-4-9-20(24)21(25)12-17/h4-12,27H,13H2,1-3H3,(H,26,28). The maximum absolute atomic E-state index is 12.6. The smallest absolute Gasteiger partial charge is 0.262 e. The molecule has 168 valence electrons. The molecule has 0 aliphatic heterocycles. The Balaban J connectivity index is 1.62. The number of hydrogen-bond acceptors (Lipinski definition) is 4. The largest absolute Gasteiger partial charge is 0.484 e. The van der Waals surface area contributed by atoms with Crippen molar-refractivity contribution < 1.29 is 17.9 Å². The van der Waals surface area contributed by atoms with Crippen molar-refractivity contribution in [1.82, 2.24) is 0 Å². The maximum atomic E-state index is 12.6. The van der Waals surface area contributed by atoms with Crippen LogP contribution in [0.5, 0.6) is 5.75 Å². The monoisotopic (exact) mass is 492 g/mol. The molecule has 0 saturated carbocycles. The molecule has 0 heterocycles. The van der Waals surface area contributed by atoms with E-state index in [9.17, 15) is 13.2 Å². The Bertz CT molecular complexity index is 1240. The number of anilines is 2. The molecule has 0 spiro atoms. The van der Waals surface area contributed by atoms with Crippen LogP contribution in [0, 0.1) is 20.8 Å². The molecule has 0 atom stereocenters. The molecule has 0 bridgehead atoms. The second-order valence-corrected chi connectivity index (χ2v) is 9.81. The van der Waals surface area contributed by atoms with Crippen molar-refractivity contribution in [2.24, 2.45) is 0 Å². The number of ether oxygens (including phenoxy) is 1. The summed E-state index contributed by atoms with van der Waals surface area (Å²) >= 11 is 11.8. The lowest BCUT2D eigenvalue weighted by Crippen LogP contribution is -2.21. The molecule has 9 heteroatoms. The third-order valence-electron chi connectivity index (χ3n) is 4.62. The van der Waals surface area contributed by atoms with E-state index in [1.807, 2.05) is 32.9 Å². The number of amides is 1. The van der Waals surface area contributed by atoms with E-state index in [1.165, 1.54) is 42.5 Å². The lowest BCUT2D eigenvalue weighted by Gasteiger charge is -2.13. The van der Waals surface area contributed by atoms with Crippen LogP contribution < -0.4 is 14.8 Å². The number of nitrogens with one attached hydrogen (secondary N) is 2. The first-order valence-electron chi connectivity index (χ1n) is 9.63. The number of halogens is 2. The van der Waals surface area contributed by atoms with Crippen LogP contribution in [0.4, 0.5) is 11.4 Å². The summed E-state index contributed by atoms with van der Waals surface area (Å²) in [5.41, 5.74) is 4.12. The third-order valence-corrected chi connectivity index (χ3v) is 6.75. The molecule has 0 aliphatic carbocycles. The Labute approximate surface area is 197 Å². The van der Waals surface area contributed by atoms with Crippen LogP contribution in [0.2, 0.25) is 10.0 Å². The highest BCUT2D eigenvalue weighted by atomic mass is 35.5. The fraction of sp³-hybridized carbons (Fsp3) is 0.174. The van der Waals surface area contributed by atoms with Crippen LogP contribution in [0.15, 0.2) is 59.5 Å². The lowest BCUT2D eigenvalue weighted by atomic mass is 10.1. The van der Waals surface area contributed by atoms with Crippen LogP contribution in [-0.4, -0.2) is 20.9 Å². The number of benzene rings is 3. The minimum Gasteiger partial charge on any atom is -0.484 e. The maximum Gasteiger partial charge on any atom is 0.262 e. The number of aryl methyl sites for hydroxylation is 3. The Morgan fingerprint density at radius 2 is 1.53 bits per heavy atom. The molecule has 6 nitrogen and oxygen atoms in total. The number of rotatable bonds is 7. The zero-order chi connectivity index (χ0) is 23.5. The zero-order valence-electron chi connectivity index (χ0n) is 17.7. The number of carbonyl (C=O) groups excluding carboxylic acids is 1. The Kier molecular flexibility index (Phi) is 7.33. The molecule has 3 aromatic carbocycles. The molecule has 0 aromatic heterocycles. The third kappa shape index (κ3) is 5.94. The fourth-order valence-electron chi connectivity index (χ4n) is 3.19. The average molecular weight is 493 g/mol. The molecule has 3 aromatic rings. The van der Waals surface area contributed by atoms with Gasteiger partial charge in [0.05, 0.1) is 20.6 Å². The van der Waals surface area contributed by atoms with Crippen molar-refractivity contribution in [2.45, 2.75) is 25.7 Å². The molecule has 1 amide bonds. The summed E-state index contributed by atoms with van der Waals surface area (Å²) in [4.78, 5) is 12.3. The highest BCUT2D eigenvalue weighted by Gasteiger charge is 2.15. The quantitative estimate of drug-likeness (QED) is 0.440. The van der Waals surface area contributed by atoms with Gasteiger partial charge in [-0.15, -0.1) is 0 Å². The normalized spacial score (nSPS) is 11.2. The number of sulfonamides is 1. The highest BCUT2D eigenvalue weighted by Crippen LogP contribution is 2.27. The molecule has 2 N–H and O–H groups in total. The van der Waals surface area contributed by atoms with Gasteiger partial charge in [0, 0.05) is 5.69 Å². The van der Waals surface area contributed by atoms with Gasteiger partial charge in [0.25, 0.3) is 15.9 Å². The molecule has 3 rings (SSSR count). The van der Waals surface area contributed by atoms with Gasteiger partial charge in [-0.3, -0.25) is 9.52 Å². The van der Waals surface area contributed by atoms with Crippen molar-refractivity contribution in [3.8, 4) is 5.75 Å². The fourth-order valence-corrected chi connectivity index (χ4v) is 4.54. The summed E-state index contributed by atoms with van der Waals surface area (Å²) in [5, 5.41) is 3.42. The summed E-state index contributed by atoms with van der Waals surface area (Å²) in [5.74, 6) is 0.0593.